The van der Waals surface area contributed by atoms with Crippen LogP contribution < -0.4 is 5.73 Å². The van der Waals surface area contributed by atoms with Gasteiger partial charge in [0.2, 0.25) is 5.91 Å². The second kappa shape index (κ2) is 6.73. The Morgan fingerprint density at radius 2 is 2.22 bits per heavy atom. The highest BCUT2D eigenvalue weighted by atomic mass is 35.5. The minimum Gasteiger partial charge on any atom is -0.378 e. The van der Waals surface area contributed by atoms with Crippen LogP contribution in [0, 0.1) is 10.1 Å². The van der Waals surface area contributed by atoms with Crippen LogP contribution in [0.2, 0.25) is 5.02 Å². The van der Waals surface area contributed by atoms with Gasteiger partial charge in [0.05, 0.1) is 22.1 Å². The smallest absolute Gasteiger partial charge is 0.284 e. The number of carbonyl (C=O) groups is 2. The number of hydrogen-bond donors (Lipinski definition) is 2. The zero-order valence-corrected chi connectivity index (χ0v) is 13.5. The number of amides is 2. The van der Waals surface area contributed by atoms with Crippen molar-refractivity contribution in [2.75, 3.05) is 18.8 Å². The second-order valence-electron chi connectivity index (χ2n) is 5.12. The molecule has 1 aromatic carbocycles. The number of nitro groups is 1. The van der Waals surface area contributed by atoms with Crippen molar-refractivity contribution in [3.8, 4) is 0 Å². The highest BCUT2D eigenvalue weighted by Gasteiger charge is 2.42. The van der Waals surface area contributed by atoms with E-state index in [4.69, 9.17) is 17.3 Å². The number of likely N-dealkylation sites (tertiary alicyclic amines) is 1. The van der Waals surface area contributed by atoms with E-state index in [1.807, 2.05) is 0 Å². The van der Waals surface area contributed by atoms with Crippen molar-refractivity contribution in [2.24, 2.45) is 5.73 Å². The van der Waals surface area contributed by atoms with Gasteiger partial charge in [-0.3, -0.25) is 19.7 Å². The van der Waals surface area contributed by atoms with E-state index in [0.717, 1.165) is 11.8 Å². The van der Waals surface area contributed by atoms with Crippen LogP contribution in [0.5, 0.6) is 0 Å². The lowest BCUT2D eigenvalue weighted by Crippen LogP contribution is -2.47. The molecule has 10 heteroatoms. The minimum atomic E-state index is -1.70. The number of benzene rings is 1. The summed E-state index contributed by atoms with van der Waals surface area (Å²) in [7, 11) is 0. The standard InChI is InChI=1S/C13H14ClN3O5S/c14-8-1-2-10(9(5-8)17(21)22)23-6-11(18)16-4-3-13(20,7-16)12(15)19/h1-2,5,20H,3-4,6-7H2,(H2,15,19)/t13-/m1/s1. The molecule has 0 bridgehead atoms. The van der Waals surface area contributed by atoms with Gasteiger partial charge >= 0.3 is 0 Å². The number of β-amino-alcohol motifs (C(OH)–C–C–N with tert-alkyl or cyclic N) is 1. The molecule has 1 aromatic rings. The number of primary amides is 1. The molecule has 1 aliphatic rings. The second-order valence-corrected chi connectivity index (χ2v) is 6.57. The fourth-order valence-electron chi connectivity index (χ4n) is 2.19. The van der Waals surface area contributed by atoms with Crippen LogP contribution in [0.15, 0.2) is 23.1 Å². The Balaban J connectivity index is 2.01. The molecule has 124 valence electrons. The first-order chi connectivity index (χ1) is 10.7. The summed E-state index contributed by atoms with van der Waals surface area (Å²) in [5.74, 6) is -1.26. The van der Waals surface area contributed by atoms with Crippen molar-refractivity contribution in [1.29, 1.82) is 0 Å². The molecule has 1 aliphatic heterocycles. The van der Waals surface area contributed by atoms with E-state index in [-0.39, 0.29) is 41.9 Å². The van der Waals surface area contributed by atoms with E-state index >= 15 is 0 Å². The van der Waals surface area contributed by atoms with Crippen molar-refractivity contribution in [2.45, 2.75) is 16.9 Å². The fourth-order valence-corrected chi connectivity index (χ4v) is 3.27. The molecule has 8 nitrogen and oxygen atoms in total. The van der Waals surface area contributed by atoms with E-state index in [9.17, 15) is 24.8 Å². The third-order valence-corrected chi connectivity index (χ3v) is 4.81. The van der Waals surface area contributed by atoms with E-state index in [1.165, 1.54) is 23.1 Å². The Labute approximate surface area is 140 Å². The quantitative estimate of drug-likeness (QED) is 0.454. The Morgan fingerprint density at radius 3 is 2.78 bits per heavy atom. The summed E-state index contributed by atoms with van der Waals surface area (Å²) in [5, 5.41) is 21.2. The van der Waals surface area contributed by atoms with Gasteiger partial charge in [0.1, 0.15) is 0 Å². The van der Waals surface area contributed by atoms with Gasteiger partial charge in [-0.2, -0.15) is 0 Å². The van der Waals surface area contributed by atoms with E-state index < -0.39 is 16.4 Å². The number of nitrogens with two attached hydrogens (primary N) is 1. The minimum absolute atomic E-state index is 0.0582. The molecule has 1 atom stereocenters. The molecule has 0 aliphatic carbocycles. The van der Waals surface area contributed by atoms with Crippen molar-refractivity contribution in [1.82, 2.24) is 4.90 Å². The summed E-state index contributed by atoms with van der Waals surface area (Å²) in [6, 6.07) is 4.20. The average molecular weight is 360 g/mol. The topological polar surface area (TPSA) is 127 Å². The largest absolute Gasteiger partial charge is 0.378 e. The Morgan fingerprint density at radius 1 is 1.52 bits per heavy atom. The molecule has 0 radical (unpaired) electrons. The predicted octanol–water partition coefficient (Wildman–Crippen LogP) is 0.789. The van der Waals surface area contributed by atoms with Gasteiger partial charge in [0, 0.05) is 24.1 Å². The number of rotatable bonds is 5. The van der Waals surface area contributed by atoms with Crippen molar-refractivity contribution in [3.63, 3.8) is 0 Å². The summed E-state index contributed by atoms with van der Waals surface area (Å²) >= 11 is 6.73. The van der Waals surface area contributed by atoms with E-state index in [1.54, 1.807) is 0 Å². The zero-order chi connectivity index (χ0) is 17.2. The fraction of sp³-hybridized carbons (Fsp3) is 0.385. The van der Waals surface area contributed by atoms with Gasteiger partial charge < -0.3 is 15.7 Å². The third-order valence-electron chi connectivity index (χ3n) is 3.53. The molecule has 0 unspecified atom stereocenters. The number of thioether (sulfide) groups is 1. The number of halogens is 1. The van der Waals surface area contributed by atoms with Gasteiger partial charge in [-0.25, -0.2) is 0 Å². The van der Waals surface area contributed by atoms with E-state index in [2.05, 4.69) is 0 Å². The Hall–Kier alpha value is -1.84. The predicted molar refractivity (Wildman–Crippen MR) is 84.2 cm³/mol. The Bertz CT molecular complexity index is 671. The lowest BCUT2D eigenvalue weighted by Gasteiger charge is -2.19. The third kappa shape index (κ3) is 3.92. The molecule has 1 saturated heterocycles. The van der Waals surface area contributed by atoms with Crippen LogP contribution in [0.25, 0.3) is 0 Å². The average Bonchev–Trinajstić information content (AvgIpc) is 2.89. The monoisotopic (exact) mass is 359 g/mol. The molecule has 23 heavy (non-hydrogen) atoms. The molecular formula is C13H14ClN3O5S. The normalized spacial score (nSPS) is 20.5. The van der Waals surface area contributed by atoms with Crippen LogP contribution in [-0.4, -0.2) is 51.2 Å². The lowest BCUT2D eigenvalue weighted by atomic mass is 10.0. The molecule has 1 heterocycles. The first-order valence-electron chi connectivity index (χ1n) is 6.60. The van der Waals surface area contributed by atoms with Crippen LogP contribution >= 0.6 is 23.4 Å². The summed E-state index contributed by atoms with van der Waals surface area (Å²) < 4.78 is 0. The number of carbonyl (C=O) groups excluding carboxylic acids is 2. The molecule has 0 spiro atoms. The van der Waals surface area contributed by atoms with Crippen molar-refractivity contribution >= 4 is 40.9 Å². The Kier molecular flexibility index (Phi) is 5.12. The number of nitro benzene ring substituents is 1. The molecule has 2 rings (SSSR count). The molecule has 0 saturated carbocycles. The van der Waals surface area contributed by atoms with Crippen molar-refractivity contribution in [3.05, 3.63) is 33.3 Å². The summed E-state index contributed by atoms with van der Waals surface area (Å²) in [4.78, 5) is 35.3. The molecule has 1 fully saturated rings. The maximum Gasteiger partial charge on any atom is 0.284 e. The molecule has 3 N–H and O–H groups in total. The summed E-state index contributed by atoms with van der Waals surface area (Å²) in [6.45, 7) is 0.0476. The van der Waals surface area contributed by atoms with Gasteiger partial charge in [-0.1, -0.05) is 11.6 Å². The van der Waals surface area contributed by atoms with Gasteiger partial charge in [0.25, 0.3) is 11.6 Å². The van der Waals surface area contributed by atoms with Gasteiger partial charge in [-0.05, 0) is 12.1 Å². The number of aliphatic hydroxyl groups is 1. The van der Waals surface area contributed by atoms with Crippen molar-refractivity contribution < 1.29 is 19.6 Å². The lowest BCUT2D eigenvalue weighted by molar-refractivity contribution is -0.387. The van der Waals surface area contributed by atoms with Crippen LogP contribution in [-0.2, 0) is 9.59 Å². The van der Waals surface area contributed by atoms with Gasteiger partial charge in [0.15, 0.2) is 5.60 Å². The highest BCUT2D eigenvalue weighted by molar-refractivity contribution is 8.00. The zero-order valence-electron chi connectivity index (χ0n) is 11.9. The van der Waals surface area contributed by atoms with Crippen LogP contribution in [0.1, 0.15) is 6.42 Å². The maximum absolute atomic E-state index is 12.1. The summed E-state index contributed by atoms with van der Waals surface area (Å²) in [6.07, 6.45) is 0.0832. The highest BCUT2D eigenvalue weighted by Crippen LogP contribution is 2.32. The first kappa shape index (κ1) is 17.5. The summed E-state index contributed by atoms with van der Waals surface area (Å²) in [5.41, 5.74) is 3.23. The van der Waals surface area contributed by atoms with Gasteiger partial charge in [-0.15, -0.1) is 11.8 Å². The molecule has 2 amide bonds. The number of hydrogen-bond acceptors (Lipinski definition) is 6. The maximum atomic E-state index is 12.1. The SMILES string of the molecule is NC(=O)[C@@]1(O)CCN(C(=O)CSc2ccc(Cl)cc2[N+](=O)[O-])C1. The molecular weight excluding hydrogens is 346 g/mol. The molecule has 0 aromatic heterocycles. The van der Waals surface area contributed by atoms with Crippen LogP contribution in [0.4, 0.5) is 5.69 Å². The number of nitrogens with zero attached hydrogens (tertiary/aromatic N) is 2. The van der Waals surface area contributed by atoms with E-state index in [0.29, 0.717) is 4.90 Å². The van der Waals surface area contributed by atoms with Crippen LogP contribution in [0.3, 0.4) is 0 Å². The first-order valence-corrected chi connectivity index (χ1v) is 7.96.